The number of benzene rings is 1. The molecule has 0 bridgehead atoms. The van der Waals surface area contributed by atoms with Crippen LogP contribution in [0.5, 0.6) is 0 Å². The molecule has 100 valence electrons. The molecule has 1 aromatic carbocycles. The van der Waals surface area contributed by atoms with Crippen molar-refractivity contribution in [1.29, 1.82) is 0 Å². The Morgan fingerprint density at radius 2 is 1.74 bits per heavy atom. The molecule has 3 rings (SSSR count). The van der Waals surface area contributed by atoms with Gasteiger partial charge in [-0.15, -0.1) is 11.3 Å². The average Bonchev–Trinajstić information content (AvgIpc) is 3.19. The number of hydrogen-bond donors (Lipinski definition) is 1. The van der Waals surface area contributed by atoms with Gasteiger partial charge in [-0.1, -0.05) is 31.2 Å². The molecule has 0 radical (unpaired) electrons. The molecule has 2 heteroatoms. The zero-order valence-electron chi connectivity index (χ0n) is 11.5. The van der Waals surface area contributed by atoms with Crippen molar-refractivity contribution in [2.45, 2.75) is 45.2 Å². The molecule has 0 atom stereocenters. The van der Waals surface area contributed by atoms with E-state index >= 15 is 0 Å². The third-order valence-corrected chi connectivity index (χ3v) is 4.95. The van der Waals surface area contributed by atoms with E-state index in [4.69, 9.17) is 0 Å². The molecule has 0 spiro atoms. The van der Waals surface area contributed by atoms with Gasteiger partial charge in [0, 0.05) is 22.8 Å². The Hall–Kier alpha value is -1.12. The van der Waals surface area contributed by atoms with Gasteiger partial charge in [-0.2, -0.15) is 0 Å². The zero-order chi connectivity index (χ0) is 13.1. The first-order chi connectivity index (χ1) is 9.35. The quantitative estimate of drug-likeness (QED) is 0.817. The van der Waals surface area contributed by atoms with Gasteiger partial charge in [0.25, 0.3) is 0 Å². The fraction of sp³-hybridized carbons (Fsp3) is 0.412. The lowest BCUT2D eigenvalue weighted by Gasteiger charge is -2.05. The Balaban J connectivity index is 1.48. The van der Waals surface area contributed by atoms with E-state index in [2.05, 4.69) is 48.6 Å². The molecule has 0 unspecified atom stereocenters. The third kappa shape index (κ3) is 3.46. The minimum Gasteiger partial charge on any atom is -0.308 e. The lowest BCUT2D eigenvalue weighted by atomic mass is 10.1. The maximum absolute atomic E-state index is 3.53. The summed E-state index contributed by atoms with van der Waals surface area (Å²) in [5.41, 5.74) is 2.91. The van der Waals surface area contributed by atoms with Crippen molar-refractivity contribution in [3.05, 3.63) is 57.3 Å². The van der Waals surface area contributed by atoms with E-state index in [1.54, 1.807) is 0 Å². The van der Waals surface area contributed by atoms with E-state index in [1.165, 1.54) is 33.7 Å². The largest absolute Gasteiger partial charge is 0.308 e. The molecule has 0 amide bonds. The number of hydrogen-bond acceptors (Lipinski definition) is 2. The summed E-state index contributed by atoms with van der Waals surface area (Å²) >= 11 is 1.92. The average molecular weight is 271 g/mol. The van der Waals surface area contributed by atoms with E-state index in [9.17, 15) is 0 Å². The first-order valence-electron chi connectivity index (χ1n) is 7.22. The summed E-state index contributed by atoms with van der Waals surface area (Å²) in [5, 5.41) is 3.53. The molecule has 1 fully saturated rings. The first kappa shape index (κ1) is 12.9. The molecule has 1 aromatic heterocycles. The van der Waals surface area contributed by atoms with Gasteiger partial charge in [-0.3, -0.25) is 0 Å². The van der Waals surface area contributed by atoms with E-state index in [1.807, 2.05) is 11.3 Å². The highest BCUT2D eigenvalue weighted by molar-refractivity contribution is 7.11. The lowest BCUT2D eigenvalue weighted by Crippen LogP contribution is -2.11. The number of nitrogens with one attached hydrogen (secondary N) is 1. The third-order valence-electron chi connectivity index (χ3n) is 3.72. The number of thiophene rings is 1. The van der Waals surface area contributed by atoms with Crippen molar-refractivity contribution < 1.29 is 0 Å². The first-order valence-corrected chi connectivity index (χ1v) is 8.04. The van der Waals surface area contributed by atoms with Crippen LogP contribution in [0.4, 0.5) is 0 Å². The number of aryl methyl sites for hydroxylation is 1. The second-order valence-electron chi connectivity index (χ2n) is 5.34. The smallest absolute Gasteiger partial charge is 0.0303 e. The molecule has 1 aliphatic carbocycles. The van der Waals surface area contributed by atoms with Gasteiger partial charge in [-0.05, 0) is 48.4 Å². The summed E-state index contributed by atoms with van der Waals surface area (Å²) in [5.74, 6) is 0.862. The van der Waals surface area contributed by atoms with Gasteiger partial charge in [0.1, 0.15) is 0 Å². The summed E-state index contributed by atoms with van der Waals surface area (Å²) < 4.78 is 0. The standard InChI is InChI=1S/C17H21NS/c1-2-16-9-10-17(19-16)12-18-11-13-3-5-14(6-4-13)15-7-8-15/h3-6,9-10,15,18H,2,7-8,11-12H2,1H3. The van der Waals surface area contributed by atoms with Crippen molar-refractivity contribution in [3.63, 3.8) is 0 Å². The molecule has 1 nitrogen and oxygen atoms in total. The fourth-order valence-electron chi connectivity index (χ4n) is 2.36. The van der Waals surface area contributed by atoms with Crippen LogP contribution in [0.3, 0.4) is 0 Å². The highest BCUT2D eigenvalue weighted by atomic mass is 32.1. The van der Waals surface area contributed by atoms with E-state index in [0.29, 0.717) is 0 Å². The molecular weight excluding hydrogens is 250 g/mol. The molecule has 1 saturated carbocycles. The van der Waals surface area contributed by atoms with Crippen molar-refractivity contribution in [3.8, 4) is 0 Å². The maximum atomic E-state index is 3.53. The van der Waals surface area contributed by atoms with Crippen LogP contribution >= 0.6 is 11.3 Å². The van der Waals surface area contributed by atoms with Crippen LogP contribution in [0.2, 0.25) is 0 Å². The highest BCUT2D eigenvalue weighted by Crippen LogP contribution is 2.39. The second kappa shape index (κ2) is 5.89. The van der Waals surface area contributed by atoms with Gasteiger partial charge in [0.2, 0.25) is 0 Å². The van der Waals surface area contributed by atoms with Crippen LogP contribution in [0.15, 0.2) is 36.4 Å². The highest BCUT2D eigenvalue weighted by Gasteiger charge is 2.22. The molecule has 1 heterocycles. The summed E-state index contributed by atoms with van der Waals surface area (Å²) in [6.45, 7) is 4.16. The van der Waals surface area contributed by atoms with Crippen molar-refractivity contribution in [1.82, 2.24) is 5.32 Å². The predicted molar refractivity (Wildman–Crippen MR) is 82.7 cm³/mol. The van der Waals surface area contributed by atoms with Crippen LogP contribution in [-0.4, -0.2) is 0 Å². The van der Waals surface area contributed by atoms with Crippen molar-refractivity contribution in [2.24, 2.45) is 0 Å². The van der Waals surface area contributed by atoms with Crippen molar-refractivity contribution >= 4 is 11.3 Å². The predicted octanol–water partition coefficient (Wildman–Crippen LogP) is 4.48. The number of rotatable bonds is 6. The van der Waals surface area contributed by atoms with Crippen molar-refractivity contribution in [2.75, 3.05) is 0 Å². The van der Waals surface area contributed by atoms with Crippen LogP contribution in [-0.2, 0) is 19.5 Å². The summed E-state index contributed by atoms with van der Waals surface area (Å²) in [4.78, 5) is 2.91. The van der Waals surface area contributed by atoms with Crippen LogP contribution in [0, 0.1) is 0 Å². The Morgan fingerprint density at radius 3 is 2.37 bits per heavy atom. The van der Waals surface area contributed by atoms with Crippen LogP contribution < -0.4 is 5.32 Å². The molecule has 0 aliphatic heterocycles. The summed E-state index contributed by atoms with van der Waals surface area (Å²) in [7, 11) is 0. The van der Waals surface area contributed by atoms with E-state index < -0.39 is 0 Å². The Morgan fingerprint density at radius 1 is 1.00 bits per heavy atom. The second-order valence-corrected chi connectivity index (χ2v) is 6.59. The Labute approximate surface area is 119 Å². The zero-order valence-corrected chi connectivity index (χ0v) is 12.3. The normalized spacial score (nSPS) is 14.8. The van der Waals surface area contributed by atoms with Gasteiger partial charge in [0.05, 0.1) is 0 Å². The minimum absolute atomic E-state index is 0.862. The molecule has 1 aliphatic rings. The molecule has 1 N–H and O–H groups in total. The fourth-order valence-corrected chi connectivity index (χ4v) is 3.29. The van der Waals surface area contributed by atoms with E-state index in [0.717, 1.165) is 25.4 Å². The minimum atomic E-state index is 0.862. The Kier molecular flexibility index (Phi) is 4.00. The molecule has 19 heavy (non-hydrogen) atoms. The molecular formula is C17H21NS. The van der Waals surface area contributed by atoms with E-state index in [-0.39, 0.29) is 0 Å². The molecule has 2 aromatic rings. The monoisotopic (exact) mass is 271 g/mol. The topological polar surface area (TPSA) is 12.0 Å². The summed E-state index contributed by atoms with van der Waals surface area (Å²) in [6, 6.07) is 13.6. The Bertz CT molecular complexity index is 522. The van der Waals surface area contributed by atoms with Gasteiger partial charge >= 0.3 is 0 Å². The summed E-state index contributed by atoms with van der Waals surface area (Å²) in [6.07, 6.45) is 3.92. The molecule has 0 saturated heterocycles. The SMILES string of the molecule is CCc1ccc(CNCc2ccc(C3CC3)cc2)s1. The van der Waals surface area contributed by atoms with Gasteiger partial charge < -0.3 is 5.32 Å². The van der Waals surface area contributed by atoms with Gasteiger partial charge in [0.15, 0.2) is 0 Å². The van der Waals surface area contributed by atoms with Gasteiger partial charge in [-0.25, -0.2) is 0 Å². The maximum Gasteiger partial charge on any atom is 0.0303 e. The van der Waals surface area contributed by atoms with Crippen LogP contribution in [0.25, 0.3) is 0 Å². The lowest BCUT2D eigenvalue weighted by molar-refractivity contribution is 0.700. The van der Waals surface area contributed by atoms with Crippen LogP contribution in [0.1, 0.15) is 46.6 Å².